The lowest BCUT2D eigenvalue weighted by molar-refractivity contribution is -0.146. The Hall–Kier alpha value is -3.79. The van der Waals surface area contributed by atoms with Gasteiger partial charge in [0.2, 0.25) is 17.7 Å². The molecule has 0 heterocycles. The van der Waals surface area contributed by atoms with Crippen LogP contribution < -0.4 is 21.7 Å². The molecule has 0 aliphatic carbocycles. The highest BCUT2D eigenvalue weighted by atomic mass is 16.4. The molecule has 0 fully saturated rings. The van der Waals surface area contributed by atoms with E-state index in [9.17, 15) is 38.7 Å². The van der Waals surface area contributed by atoms with Crippen LogP contribution in [0.1, 0.15) is 39.0 Å². The lowest BCUT2D eigenvalue weighted by Crippen LogP contribution is -2.58. The Bertz CT molecular complexity index is 800. The van der Waals surface area contributed by atoms with E-state index < -0.39 is 97.6 Å². The van der Waals surface area contributed by atoms with Crippen LogP contribution >= 0.6 is 0 Å². The molecule has 0 radical (unpaired) electrons. The molecule has 10 N–H and O–H groups in total. The first kappa shape index (κ1) is 30.2. The summed E-state index contributed by atoms with van der Waals surface area (Å²) in [6.45, 7) is 1.05. The molecule has 0 saturated heterocycles. The maximum absolute atomic E-state index is 12.6. The highest BCUT2D eigenvalue weighted by Gasteiger charge is 2.33. The Balaban J connectivity index is 5.56. The van der Waals surface area contributed by atoms with Gasteiger partial charge >= 0.3 is 23.9 Å². The van der Waals surface area contributed by atoms with Gasteiger partial charge < -0.3 is 47.2 Å². The van der Waals surface area contributed by atoms with Crippen molar-refractivity contribution in [2.45, 2.75) is 69.3 Å². The number of hydrogen-bond donors (Lipinski definition) is 9. The highest BCUT2D eigenvalue weighted by Crippen LogP contribution is 2.04. The van der Waals surface area contributed by atoms with E-state index in [0.29, 0.717) is 0 Å². The van der Waals surface area contributed by atoms with E-state index in [0.717, 1.165) is 6.92 Å². The van der Waals surface area contributed by atoms with Gasteiger partial charge in [-0.2, -0.15) is 0 Å². The Morgan fingerprint density at radius 2 is 1.18 bits per heavy atom. The minimum Gasteiger partial charge on any atom is -0.481 e. The van der Waals surface area contributed by atoms with Crippen molar-refractivity contribution in [3.63, 3.8) is 0 Å². The molecule has 0 bridgehead atoms. The van der Waals surface area contributed by atoms with E-state index >= 15 is 0 Å². The summed E-state index contributed by atoms with van der Waals surface area (Å²) in [5.41, 5.74) is 5.55. The zero-order valence-electron chi connectivity index (χ0n) is 18.1. The predicted octanol–water partition coefficient (Wildman–Crippen LogP) is -3.56. The van der Waals surface area contributed by atoms with Crippen LogP contribution in [0.4, 0.5) is 0 Å². The standard InChI is InChI=1S/C18H28N4O12/c1-7(23)14(18(33)34)22-17(32)10(6-13(28)29)21-16(31)9(3-5-12(26)27)20-15(30)8(19)2-4-11(24)25/h7-10,14,23H,2-6,19H2,1H3,(H,20,30)(H,21,31)(H,22,32)(H,24,25)(H,26,27)(H,28,29)(H,33,34). The van der Waals surface area contributed by atoms with Crippen molar-refractivity contribution in [1.82, 2.24) is 16.0 Å². The molecule has 0 aromatic heterocycles. The molecule has 3 amide bonds. The summed E-state index contributed by atoms with van der Waals surface area (Å²) >= 11 is 0. The highest BCUT2D eigenvalue weighted by molar-refractivity contribution is 5.95. The number of aliphatic hydroxyl groups excluding tert-OH is 1. The third-order valence-corrected chi connectivity index (χ3v) is 4.34. The zero-order chi connectivity index (χ0) is 26.6. The summed E-state index contributed by atoms with van der Waals surface area (Å²) in [5, 5.41) is 51.1. The van der Waals surface area contributed by atoms with Gasteiger partial charge in [-0.1, -0.05) is 0 Å². The maximum Gasteiger partial charge on any atom is 0.328 e. The molecule has 34 heavy (non-hydrogen) atoms. The van der Waals surface area contributed by atoms with Crippen LogP contribution in [0.3, 0.4) is 0 Å². The van der Waals surface area contributed by atoms with E-state index in [-0.39, 0.29) is 6.42 Å². The summed E-state index contributed by atoms with van der Waals surface area (Å²) in [4.78, 5) is 81.0. The lowest BCUT2D eigenvalue weighted by Gasteiger charge is -2.25. The van der Waals surface area contributed by atoms with E-state index in [2.05, 4.69) is 5.32 Å². The number of carbonyl (C=O) groups is 7. The molecule has 0 aromatic carbocycles. The second kappa shape index (κ2) is 14.4. The summed E-state index contributed by atoms with van der Waals surface area (Å²) < 4.78 is 0. The fraction of sp³-hybridized carbons (Fsp3) is 0.611. The van der Waals surface area contributed by atoms with E-state index in [1.165, 1.54) is 0 Å². The summed E-state index contributed by atoms with van der Waals surface area (Å²) in [5.74, 6) is -9.22. The second-order valence-electron chi connectivity index (χ2n) is 7.26. The second-order valence-corrected chi connectivity index (χ2v) is 7.26. The molecule has 0 aromatic rings. The van der Waals surface area contributed by atoms with Crippen molar-refractivity contribution in [3.05, 3.63) is 0 Å². The van der Waals surface area contributed by atoms with Crippen molar-refractivity contribution in [1.29, 1.82) is 0 Å². The average Bonchev–Trinajstić information content (AvgIpc) is 2.70. The molecular formula is C18H28N4O12. The smallest absolute Gasteiger partial charge is 0.328 e. The van der Waals surface area contributed by atoms with Gasteiger partial charge in [0.05, 0.1) is 18.6 Å². The number of nitrogens with one attached hydrogen (secondary N) is 3. The fourth-order valence-corrected chi connectivity index (χ4v) is 2.52. The summed E-state index contributed by atoms with van der Waals surface area (Å²) in [6.07, 6.45) is -4.46. The first-order chi connectivity index (χ1) is 15.6. The number of rotatable bonds is 16. The number of amides is 3. The van der Waals surface area contributed by atoms with Crippen LogP contribution in [0.5, 0.6) is 0 Å². The molecule has 0 spiro atoms. The number of carboxylic acid groups (broad SMARTS) is 4. The molecule has 5 unspecified atom stereocenters. The van der Waals surface area contributed by atoms with Crippen LogP contribution in [0, 0.1) is 0 Å². The normalized spacial score (nSPS) is 15.0. The van der Waals surface area contributed by atoms with Gasteiger partial charge in [0.25, 0.3) is 0 Å². The van der Waals surface area contributed by atoms with Gasteiger partial charge in [-0.3, -0.25) is 28.8 Å². The molecule has 0 aliphatic rings. The molecule has 0 saturated carbocycles. The van der Waals surface area contributed by atoms with Crippen molar-refractivity contribution in [2.75, 3.05) is 0 Å². The van der Waals surface area contributed by atoms with Gasteiger partial charge in [-0.25, -0.2) is 4.79 Å². The average molecular weight is 492 g/mol. The largest absolute Gasteiger partial charge is 0.481 e. The third kappa shape index (κ3) is 11.7. The van der Waals surface area contributed by atoms with Gasteiger partial charge in [0.15, 0.2) is 6.04 Å². The van der Waals surface area contributed by atoms with Gasteiger partial charge in [-0.15, -0.1) is 0 Å². The number of nitrogens with two attached hydrogens (primary N) is 1. The van der Waals surface area contributed by atoms with Crippen LogP contribution in [0.25, 0.3) is 0 Å². The van der Waals surface area contributed by atoms with Gasteiger partial charge in [0, 0.05) is 12.8 Å². The van der Waals surface area contributed by atoms with Crippen LogP contribution in [-0.2, 0) is 33.6 Å². The minimum absolute atomic E-state index is 0.297. The molecule has 192 valence electrons. The first-order valence-corrected chi connectivity index (χ1v) is 9.88. The molecule has 16 heteroatoms. The van der Waals surface area contributed by atoms with Crippen molar-refractivity contribution in [2.24, 2.45) is 5.73 Å². The van der Waals surface area contributed by atoms with E-state index in [4.69, 9.17) is 26.2 Å². The number of aliphatic carboxylic acids is 4. The molecular weight excluding hydrogens is 464 g/mol. The topological polar surface area (TPSA) is 283 Å². The molecule has 16 nitrogen and oxygen atoms in total. The summed E-state index contributed by atoms with van der Waals surface area (Å²) in [6, 6.07) is -6.64. The Kier molecular flexibility index (Phi) is 12.8. The third-order valence-electron chi connectivity index (χ3n) is 4.34. The molecule has 5 atom stereocenters. The van der Waals surface area contributed by atoms with Crippen molar-refractivity contribution in [3.8, 4) is 0 Å². The zero-order valence-corrected chi connectivity index (χ0v) is 18.1. The summed E-state index contributed by atoms with van der Waals surface area (Å²) in [7, 11) is 0. The SMILES string of the molecule is CC(O)C(NC(=O)C(CC(=O)O)NC(=O)C(CCC(=O)O)NC(=O)C(N)CCC(=O)O)C(=O)O. The maximum atomic E-state index is 12.6. The Labute approximate surface area is 192 Å². The number of hydrogen-bond acceptors (Lipinski definition) is 9. The fourth-order valence-electron chi connectivity index (χ4n) is 2.52. The van der Waals surface area contributed by atoms with Crippen LogP contribution in [0.2, 0.25) is 0 Å². The quantitative estimate of drug-likeness (QED) is 0.101. The van der Waals surface area contributed by atoms with E-state index in [1.807, 2.05) is 10.6 Å². The van der Waals surface area contributed by atoms with Crippen LogP contribution in [0.15, 0.2) is 0 Å². The van der Waals surface area contributed by atoms with E-state index in [1.54, 1.807) is 0 Å². The Morgan fingerprint density at radius 1 is 0.706 bits per heavy atom. The predicted molar refractivity (Wildman–Crippen MR) is 109 cm³/mol. The number of aliphatic hydroxyl groups is 1. The molecule has 0 rings (SSSR count). The van der Waals surface area contributed by atoms with Crippen LogP contribution in [-0.4, -0.2) is 97.4 Å². The first-order valence-electron chi connectivity index (χ1n) is 9.88. The lowest BCUT2D eigenvalue weighted by atomic mass is 10.1. The van der Waals surface area contributed by atoms with Crippen molar-refractivity contribution < 1.29 is 59.1 Å². The van der Waals surface area contributed by atoms with Gasteiger partial charge in [0.1, 0.15) is 12.1 Å². The monoisotopic (exact) mass is 492 g/mol. The number of carbonyl (C=O) groups excluding carboxylic acids is 3. The minimum atomic E-state index is -1.85. The van der Waals surface area contributed by atoms with Gasteiger partial charge in [-0.05, 0) is 19.8 Å². The number of carboxylic acids is 4. The molecule has 0 aliphatic heterocycles. The van der Waals surface area contributed by atoms with Crippen molar-refractivity contribution >= 4 is 41.6 Å². The Morgan fingerprint density at radius 3 is 1.62 bits per heavy atom.